The van der Waals surface area contributed by atoms with Crippen molar-refractivity contribution in [3.05, 3.63) is 78.8 Å². The lowest BCUT2D eigenvalue weighted by Gasteiger charge is -2.23. The van der Waals surface area contributed by atoms with E-state index in [1.54, 1.807) is 24.3 Å². The molecule has 0 fully saturated rings. The zero-order valence-corrected chi connectivity index (χ0v) is 17.9. The van der Waals surface area contributed by atoms with Gasteiger partial charge in [-0.1, -0.05) is 28.1 Å². The van der Waals surface area contributed by atoms with Crippen LogP contribution in [0.4, 0.5) is 17.1 Å². The molecule has 2 aromatic rings. The standard InChI is InChI=1S/C19H15BrN4O8/c1-31-19(26)17(18-15(25)9-16(32-18)10-2-4-11(20)5-3-10)22-21-13-7-6-12(23(27)28)8-14(13)24(29)30/h2-9,17-18,21-22H,1H3. The Kier molecular flexibility index (Phi) is 6.80. The molecular weight excluding hydrogens is 492 g/mol. The molecule has 13 heteroatoms. The number of nitro groups is 2. The number of nitrogens with zero attached hydrogens (tertiary/aromatic N) is 2. The number of benzene rings is 2. The van der Waals surface area contributed by atoms with E-state index in [0.717, 1.165) is 29.8 Å². The van der Waals surface area contributed by atoms with Gasteiger partial charge in [-0.05, 0) is 18.2 Å². The Balaban J connectivity index is 1.81. The van der Waals surface area contributed by atoms with Crippen molar-refractivity contribution in [1.29, 1.82) is 0 Å². The van der Waals surface area contributed by atoms with Gasteiger partial charge in [-0.3, -0.25) is 29.8 Å². The normalized spacial score (nSPS) is 16.0. The lowest BCUT2D eigenvalue weighted by Crippen LogP contribution is -2.51. The van der Waals surface area contributed by atoms with E-state index in [1.165, 1.54) is 6.08 Å². The summed E-state index contributed by atoms with van der Waals surface area (Å²) in [6.07, 6.45) is -0.0782. The molecule has 1 aliphatic heterocycles. The fourth-order valence-corrected chi connectivity index (χ4v) is 3.13. The topological polar surface area (TPSA) is 163 Å². The van der Waals surface area contributed by atoms with E-state index in [4.69, 9.17) is 9.47 Å². The minimum Gasteiger partial charge on any atom is -0.479 e. The number of nitro benzene ring substituents is 2. The number of carbonyl (C=O) groups excluding carboxylic acids is 2. The molecule has 166 valence electrons. The van der Waals surface area contributed by atoms with Gasteiger partial charge >= 0.3 is 11.7 Å². The quantitative estimate of drug-likeness (QED) is 0.309. The van der Waals surface area contributed by atoms with E-state index in [9.17, 15) is 29.8 Å². The Bertz CT molecular complexity index is 1120. The number of non-ortho nitro benzene ring substituents is 1. The van der Waals surface area contributed by atoms with Crippen LogP contribution in [0.3, 0.4) is 0 Å². The first-order chi connectivity index (χ1) is 15.2. The number of rotatable bonds is 8. The van der Waals surface area contributed by atoms with E-state index in [2.05, 4.69) is 26.8 Å². The number of ether oxygens (including phenoxy) is 2. The highest BCUT2D eigenvalue weighted by atomic mass is 79.9. The van der Waals surface area contributed by atoms with Crippen molar-refractivity contribution < 1.29 is 28.9 Å². The summed E-state index contributed by atoms with van der Waals surface area (Å²) in [5, 5.41) is 22.2. The molecule has 0 amide bonds. The van der Waals surface area contributed by atoms with Gasteiger partial charge in [0.25, 0.3) is 5.69 Å². The van der Waals surface area contributed by atoms with Crippen LogP contribution in [0.5, 0.6) is 0 Å². The number of methoxy groups -OCH3 is 1. The molecule has 2 N–H and O–H groups in total. The molecule has 1 heterocycles. The summed E-state index contributed by atoms with van der Waals surface area (Å²) in [5.74, 6) is -1.15. The Labute approximate surface area is 188 Å². The van der Waals surface area contributed by atoms with Crippen molar-refractivity contribution in [1.82, 2.24) is 5.43 Å². The minimum absolute atomic E-state index is 0.166. The Morgan fingerprint density at radius 2 is 1.84 bits per heavy atom. The zero-order chi connectivity index (χ0) is 23.4. The van der Waals surface area contributed by atoms with Gasteiger partial charge in [0, 0.05) is 22.2 Å². The fraction of sp³-hybridized carbons (Fsp3) is 0.158. The van der Waals surface area contributed by atoms with Gasteiger partial charge in [-0.15, -0.1) is 0 Å². The number of nitrogens with one attached hydrogen (secondary N) is 2. The molecule has 12 nitrogen and oxygen atoms in total. The van der Waals surface area contributed by atoms with Crippen molar-refractivity contribution in [2.75, 3.05) is 12.5 Å². The predicted molar refractivity (Wildman–Crippen MR) is 114 cm³/mol. The molecule has 0 saturated carbocycles. The summed E-state index contributed by atoms with van der Waals surface area (Å²) in [6.45, 7) is 0. The third-order valence-electron chi connectivity index (χ3n) is 4.45. The molecule has 0 spiro atoms. The average molecular weight is 507 g/mol. The smallest absolute Gasteiger partial charge is 0.329 e. The summed E-state index contributed by atoms with van der Waals surface area (Å²) in [4.78, 5) is 45.4. The number of carbonyl (C=O) groups is 2. The number of anilines is 1. The number of hydrogen-bond acceptors (Lipinski definition) is 10. The lowest BCUT2D eigenvalue weighted by atomic mass is 10.1. The van der Waals surface area contributed by atoms with Crippen LogP contribution in [-0.2, 0) is 19.1 Å². The number of halogens is 1. The van der Waals surface area contributed by atoms with Gasteiger partial charge in [0.1, 0.15) is 11.4 Å². The molecule has 0 saturated heterocycles. The fourth-order valence-electron chi connectivity index (χ4n) is 2.87. The summed E-state index contributed by atoms with van der Waals surface area (Å²) in [7, 11) is 1.10. The third-order valence-corrected chi connectivity index (χ3v) is 4.97. The van der Waals surface area contributed by atoms with Gasteiger partial charge in [-0.25, -0.2) is 5.43 Å². The van der Waals surface area contributed by atoms with Crippen LogP contribution in [0.15, 0.2) is 53.0 Å². The van der Waals surface area contributed by atoms with E-state index in [-0.39, 0.29) is 11.4 Å². The summed E-state index contributed by atoms with van der Waals surface area (Å²) >= 11 is 3.31. The van der Waals surface area contributed by atoms with Crippen LogP contribution in [0.25, 0.3) is 5.76 Å². The second kappa shape index (κ2) is 9.53. The van der Waals surface area contributed by atoms with Crippen LogP contribution in [0.2, 0.25) is 0 Å². The molecule has 2 atom stereocenters. The Morgan fingerprint density at radius 3 is 2.44 bits per heavy atom. The SMILES string of the molecule is COC(=O)C(NNc1ccc([N+](=O)[O-])cc1[N+](=O)[O-])C1OC(c2ccc(Br)cc2)=CC1=O. The number of ketones is 1. The maximum atomic E-state index is 12.5. The highest BCUT2D eigenvalue weighted by Gasteiger charge is 2.40. The zero-order valence-electron chi connectivity index (χ0n) is 16.3. The first-order valence-electron chi connectivity index (χ1n) is 8.91. The molecule has 0 aliphatic carbocycles. The van der Waals surface area contributed by atoms with Crippen molar-refractivity contribution >= 4 is 50.5 Å². The van der Waals surface area contributed by atoms with E-state index < -0.39 is 45.1 Å². The Morgan fingerprint density at radius 1 is 1.16 bits per heavy atom. The minimum atomic E-state index is -1.38. The van der Waals surface area contributed by atoms with Gasteiger partial charge in [0.2, 0.25) is 5.78 Å². The van der Waals surface area contributed by atoms with Gasteiger partial charge in [0.05, 0.1) is 23.0 Å². The van der Waals surface area contributed by atoms with E-state index >= 15 is 0 Å². The average Bonchev–Trinajstić information content (AvgIpc) is 3.15. The molecule has 2 aromatic carbocycles. The van der Waals surface area contributed by atoms with Crippen molar-refractivity contribution in [2.45, 2.75) is 12.1 Å². The lowest BCUT2D eigenvalue weighted by molar-refractivity contribution is -0.393. The highest BCUT2D eigenvalue weighted by Crippen LogP contribution is 2.30. The molecule has 0 radical (unpaired) electrons. The van der Waals surface area contributed by atoms with Crippen LogP contribution < -0.4 is 10.9 Å². The summed E-state index contributed by atoms with van der Waals surface area (Å²) < 4.78 is 11.2. The molecule has 0 aromatic heterocycles. The number of esters is 1. The number of hydrogen-bond donors (Lipinski definition) is 2. The Hall–Kier alpha value is -3.84. The van der Waals surface area contributed by atoms with Crippen molar-refractivity contribution in [3.63, 3.8) is 0 Å². The van der Waals surface area contributed by atoms with Crippen molar-refractivity contribution in [3.8, 4) is 0 Å². The predicted octanol–water partition coefficient (Wildman–Crippen LogP) is 2.73. The van der Waals surface area contributed by atoms with E-state index in [0.29, 0.717) is 5.56 Å². The third kappa shape index (κ3) is 4.90. The molecule has 1 aliphatic rings. The second-order valence-corrected chi connectivity index (χ2v) is 7.36. The largest absolute Gasteiger partial charge is 0.479 e. The highest BCUT2D eigenvalue weighted by molar-refractivity contribution is 9.10. The number of hydrazine groups is 1. The summed E-state index contributed by atoms with van der Waals surface area (Å²) in [5.41, 5.74) is 4.30. The van der Waals surface area contributed by atoms with Crippen LogP contribution >= 0.6 is 15.9 Å². The van der Waals surface area contributed by atoms with Gasteiger partial charge in [-0.2, -0.15) is 0 Å². The molecule has 0 bridgehead atoms. The maximum Gasteiger partial charge on any atom is 0.329 e. The first-order valence-corrected chi connectivity index (χ1v) is 9.71. The molecular formula is C19H15BrN4O8. The van der Waals surface area contributed by atoms with Crippen molar-refractivity contribution in [2.24, 2.45) is 0 Å². The van der Waals surface area contributed by atoms with Gasteiger partial charge in [0.15, 0.2) is 12.1 Å². The van der Waals surface area contributed by atoms with Crippen LogP contribution in [-0.4, -0.2) is 40.9 Å². The monoisotopic (exact) mass is 506 g/mol. The molecule has 32 heavy (non-hydrogen) atoms. The van der Waals surface area contributed by atoms with E-state index in [1.807, 2.05) is 0 Å². The molecule has 2 unspecified atom stereocenters. The second-order valence-electron chi connectivity index (χ2n) is 6.44. The maximum absolute atomic E-state index is 12.5. The summed E-state index contributed by atoms with van der Waals surface area (Å²) in [6, 6.07) is 8.46. The first kappa shape index (κ1) is 22.8. The van der Waals surface area contributed by atoms with Crippen LogP contribution in [0.1, 0.15) is 5.56 Å². The molecule has 3 rings (SSSR count). The van der Waals surface area contributed by atoms with Crippen LogP contribution in [0, 0.1) is 20.2 Å². The van der Waals surface area contributed by atoms with Gasteiger partial charge < -0.3 is 14.9 Å².